The van der Waals surface area contributed by atoms with Gasteiger partial charge in [0, 0.05) is 13.1 Å². The van der Waals surface area contributed by atoms with E-state index in [4.69, 9.17) is 9.84 Å². The Morgan fingerprint density at radius 2 is 2.05 bits per heavy atom. The minimum absolute atomic E-state index is 0.0695. The van der Waals surface area contributed by atoms with Crippen LogP contribution in [0.15, 0.2) is 29.2 Å². The van der Waals surface area contributed by atoms with E-state index in [2.05, 4.69) is 4.90 Å². The minimum Gasteiger partial charge on any atom is -0.478 e. The molecular weight excluding hydrogens is 294 g/mol. The lowest BCUT2D eigenvalue weighted by Gasteiger charge is -2.31. The van der Waals surface area contributed by atoms with E-state index in [1.54, 1.807) is 0 Å². The van der Waals surface area contributed by atoms with Crippen molar-refractivity contribution >= 4 is 15.8 Å². The molecular formula is C14H19NO5S. The molecule has 116 valence electrons. The maximum Gasteiger partial charge on any atom is 0.335 e. The Bertz CT molecular complexity index is 596. The molecule has 1 aliphatic rings. The molecule has 0 aliphatic carbocycles. The fourth-order valence-electron chi connectivity index (χ4n) is 2.31. The summed E-state index contributed by atoms with van der Waals surface area (Å²) in [5.74, 6) is -1.16. The van der Waals surface area contributed by atoms with Gasteiger partial charge in [-0.2, -0.15) is 0 Å². The van der Waals surface area contributed by atoms with Gasteiger partial charge in [-0.05, 0) is 30.8 Å². The van der Waals surface area contributed by atoms with E-state index >= 15 is 0 Å². The van der Waals surface area contributed by atoms with Crippen LogP contribution in [0, 0.1) is 0 Å². The molecule has 6 nitrogen and oxygen atoms in total. The zero-order valence-corrected chi connectivity index (χ0v) is 12.7. The second-order valence-corrected chi connectivity index (χ2v) is 7.03. The van der Waals surface area contributed by atoms with Crippen LogP contribution in [-0.4, -0.2) is 62.5 Å². The van der Waals surface area contributed by atoms with Gasteiger partial charge in [0.25, 0.3) is 0 Å². The third-order valence-electron chi connectivity index (χ3n) is 3.54. The third kappa shape index (κ3) is 4.03. The highest BCUT2D eigenvalue weighted by atomic mass is 32.2. The first kappa shape index (κ1) is 15.9. The van der Waals surface area contributed by atoms with Crippen molar-refractivity contribution in [1.82, 2.24) is 4.90 Å². The van der Waals surface area contributed by atoms with Gasteiger partial charge in [0.15, 0.2) is 9.84 Å². The van der Waals surface area contributed by atoms with Gasteiger partial charge in [-0.3, -0.25) is 4.90 Å². The molecule has 1 unspecified atom stereocenters. The summed E-state index contributed by atoms with van der Waals surface area (Å²) in [6.45, 7) is 4.85. The van der Waals surface area contributed by atoms with Crippen molar-refractivity contribution < 1.29 is 23.1 Å². The fraction of sp³-hybridized carbons (Fsp3) is 0.500. The van der Waals surface area contributed by atoms with E-state index in [1.165, 1.54) is 24.3 Å². The highest BCUT2D eigenvalue weighted by Gasteiger charge is 2.26. The van der Waals surface area contributed by atoms with Gasteiger partial charge in [-0.1, -0.05) is 6.92 Å². The van der Waals surface area contributed by atoms with Crippen molar-refractivity contribution in [2.75, 3.05) is 32.0 Å². The van der Waals surface area contributed by atoms with Gasteiger partial charge < -0.3 is 9.84 Å². The first-order valence-corrected chi connectivity index (χ1v) is 8.47. The molecule has 2 rings (SSSR count). The Kier molecular flexibility index (Phi) is 4.97. The van der Waals surface area contributed by atoms with Crippen LogP contribution in [0.5, 0.6) is 0 Å². The maximum atomic E-state index is 12.3. The van der Waals surface area contributed by atoms with Crippen LogP contribution in [0.1, 0.15) is 17.3 Å². The highest BCUT2D eigenvalue weighted by molar-refractivity contribution is 7.91. The molecule has 0 amide bonds. The molecule has 0 radical (unpaired) electrons. The summed E-state index contributed by atoms with van der Waals surface area (Å²) < 4.78 is 30.2. The van der Waals surface area contributed by atoms with Gasteiger partial charge in [0.2, 0.25) is 0 Å². The lowest BCUT2D eigenvalue weighted by molar-refractivity contribution is -0.0145. The smallest absolute Gasteiger partial charge is 0.335 e. The molecule has 1 aromatic rings. The monoisotopic (exact) mass is 313 g/mol. The summed E-state index contributed by atoms with van der Waals surface area (Å²) in [5.41, 5.74) is 0.0695. The number of aromatic carboxylic acids is 1. The van der Waals surface area contributed by atoms with E-state index in [9.17, 15) is 13.2 Å². The van der Waals surface area contributed by atoms with Gasteiger partial charge in [0.05, 0.1) is 28.9 Å². The summed E-state index contributed by atoms with van der Waals surface area (Å²) in [6, 6.07) is 5.27. The van der Waals surface area contributed by atoms with Crippen LogP contribution in [0.2, 0.25) is 0 Å². The SMILES string of the molecule is CCN1CCOC(CS(=O)(=O)c2ccc(C(=O)O)cc2)C1. The molecule has 1 saturated heterocycles. The van der Waals surface area contributed by atoms with Crippen molar-refractivity contribution in [2.24, 2.45) is 0 Å². The first-order chi connectivity index (χ1) is 9.92. The fourth-order valence-corrected chi connectivity index (χ4v) is 3.75. The zero-order chi connectivity index (χ0) is 15.5. The number of hydrogen-bond donors (Lipinski definition) is 1. The number of likely N-dealkylation sites (N-methyl/N-ethyl adjacent to an activating group) is 1. The van der Waals surface area contributed by atoms with E-state index < -0.39 is 15.8 Å². The van der Waals surface area contributed by atoms with Crippen molar-refractivity contribution in [1.29, 1.82) is 0 Å². The largest absolute Gasteiger partial charge is 0.478 e. The Hall–Kier alpha value is -1.44. The lowest BCUT2D eigenvalue weighted by Crippen LogP contribution is -2.45. The second kappa shape index (κ2) is 6.55. The molecule has 1 N–H and O–H groups in total. The van der Waals surface area contributed by atoms with Gasteiger partial charge in [-0.25, -0.2) is 13.2 Å². The number of sulfone groups is 1. The Balaban J connectivity index is 2.09. The van der Waals surface area contributed by atoms with Crippen LogP contribution in [0.3, 0.4) is 0 Å². The third-order valence-corrected chi connectivity index (χ3v) is 5.34. The van der Waals surface area contributed by atoms with Crippen molar-refractivity contribution in [3.63, 3.8) is 0 Å². The quantitative estimate of drug-likeness (QED) is 0.869. The predicted octanol–water partition coefficient (Wildman–Crippen LogP) is 0.879. The van der Waals surface area contributed by atoms with Gasteiger partial charge >= 0.3 is 5.97 Å². The number of rotatable bonds is 5. The number of ether oxygens (including phenoxy) is 1. The Morgan fingerprint density at radius 3 is 2.62 bits per heavy atom. The summed E-state index contributed by atoms with van der Waals surface area (Å²) in [7, 11) is -3.48. The van der Waals surface area contributed by atoms with Crippen molar-refractivity contribution in [3.05, 3.63) is 29.8 Å². The molecule has 1 heterocycles. The molecule has 7 heteroatoms. The van der Waals surface area contributed by atoms with E-state index in [0.29, 0.717) is 13.2 Å². The number of hydrogen-bond acceptors (Lipinski definition) is 5. The standard InChI is InChI=1S/C14H19NO5S/c1-2-15-7-8-20-12(9-15)10-21(18,19)13-5-3-11(4-6-13)14(16)17/h3-6,12H,2,7-10H2,1H3,(H,16,17). The van der Waals surface area contributed by atoms with Crippen LogP contribution >= 0.6 is 0 Å². The average Bonchev–Trinajstić information content (AvgIpc) is 2.47. The Labute approximate surface area is 124 Å². The zero-order valence-electron chi connectivity index (χ0n) is 11.9. The minimum atomic E-state index is -3.48. The second-order valence-electron chi connectivity index (χ2n) is 5.00. The number of carboxylic acid groups (broad SMARTS) is 1. The van der Waals surface area contributed by atoms with Crippen molar-refractivity contribution in [2.45, 2.75) is 17.9 Å². The number of carbonyl (C=O) groups is 1. The van der Waals surface area contributed by atoms with Crippen LogP contribution in [0.4, 0.5) is 0 Å². The maximum absolute atomic E-state index is 12.3. The molecule has 0 aromatic heterocycles. The molecule has 1 aliphatic heterocycles. The summed E-state index contributed by atoms with van der Waals surface area (Å²) in [4.78, 5) is 13.1. The normalized spacial score (nSPS) is 20.3. The molecule has 1 aromatic carbocycles. The van der Waals surface area contributed by atoms with Crippen molar-refractivity contribution in [3.8, 4) is 0 Å². The average molecular weight is 313 g/mol. The van der Waals surface area contributed by atoms with Crippen LogP contribution in [-0.2, 0) is 14.6 Å². The lowest BCUT2D eigenvalue weighted by atomic mass is 10.2. The van der Waals surface area contributed by atoms with Crippen LogP contribution < -0.4 is 0 Å². The first-order valence-electron chi connectivity index (χ1n) is 6.82. The highest BCUT2D eigenvalue weighted by Crippen LogP contribution is 2.16. The molecule has 0 bridgehead atoms. The molecule has 0 spiro atoms. The predicted molar refractivity (Wildman–Crippen MR) is 77.3 cm³/mol. The van der Waals surface area contributed by atoms with Gasteiger partial charge in [0.1, 0.15) is 0 Å². The van der Waals surface area contributed by atoms with E-state index in [0.717, 1.165) is 13.1 Å². The summed E-state index contributed by atoms with van der Waals surface area (Å²) >= 11 is 0. The number of nitrogens with zero attached hydrogens (tertiary/aromatic N) is 1. The topological polar surface area (TPSA) is 83.9 Å². The molecule has 1 atom stereocenters. The van der Waals surface area contributed by atoms with Gasteiger partial charge in [-0.15, -0.1) is 0 Å². The Morgan fingerprint density at radius 1 is 1.38 bits per heavy atom. The number of morpholine rings is 1. The van der Waals surface area contributed by atoms with E-state index in [-0.39, 0.29) is 22.3 Å². The summed E-state index contributed by atoms with van der Waals surface area (Å²) in [5, 5.41) is 8.82. The van der Waals surface area contributed by atoms with E-state index in [1.807, 2.05) is 6.92 Å². The molecule has 0 saturated carbocycles. The molecule has 21 heavy (non-hydrogen) atoms. The number of carboxylic acids is 1. The summed E-state index contributed by atoms with van der Waals surface area (Å²) in [6.07, 6.45) is -0.345. The number of benzene rings is 1. The molecule has 1 fully saturated rings. The van der Waals surface area contributed by atoms with Crippen LogP contribution in [0.25, 0.3) is 0 Å².